The minimum Gasteiger partial charge on any atom is -0.545 e. The third-order valence-electron chi connectivity index (χ3n) is 12.6. The second-order valence-electron chi connectivity index (χ2n) is 20.6. The van der Waals surface area contributed by atoms with Gasteiger partial charge in [-0.25, -0.2) is 0 Å². The van der Waals surface area contributed by atoms with E-state index < -0.39 is 24.3 Å². The summed E-state index contributed by atoms with van der Waals surface area (Å²) in [5, 5.41) is 11.8. The van der Waals surface area contributed by atoms with Crippen molar-refractivity contribution < 1.29 is 42.9 Å². The summed E-state index contributed by atoms with van der Waals surface area (Å²) in [6.45, 7) is 4.63. The van der Waals surface area contributed by atoms with Gasteiger partial charge >= 0.3 is 11.9 Å². The van der Waals surface area contributed by atoms with E-state index in [4.69, 9.17) is 18.9 Å². The topological polar surface area (TPSA) is 111 Å². The Kier molecular flexibility index (Phi) is 49.5. The lowest BCUT2D eigenvalue weighted by molar-refractivity contribution is -0.870. The second-order valence-corrected chi connectivity index (χ2v) is 20.6. The molecular formula is C60H109NO8. The van der Waals surface area contributed by atoms with Gasteiger partial charge in [0, 0.05) is 12.8 Å². The molecular weight excluding hydrogens is 863 g/mol. The molecule has 69 heavy (non-hydrogen) atoms. The number of carboxylic acids is 1. The van der Waals surface area contributed by atoms with E-state index in [1.807, 2.05) is 21.1 Å². The van der Waals surface area contributed by atoms with Crippen molar-refractivity contribution in [2.75, 3.05) is 47.5 Å². The van der Waals surface area contributed by atoms with Crippen LogP contribution in [0.2, 0.25) is 0 Å². The Morgan fingerprint density at radius 2 is 0.826 bits per heavy atom. The molecule has 0 bridgehead atoms. The van der Waals surface area contributed by atoms with E-state index in [0.717, 1.165) is 70.6 Å². The quantitative estimate of drug-likeness (QED) is 0.0195. The highest BCUT2D eigenvalue weighted by Crippen LogP contribution is 2.17. The number of nitrogens with zero attached hydrogens (tertiary/aromatic N) is 1. The van der Waals surface area contributed by atoms with Gasteiger partial charge in [0.1, 0.15) is 13.2 Å². The summed E-state index contributed by atoms with van der Waals surface area (Å²) in [6.07, 6.45) is 60.3. The van der Waals surface area contributed by atoms with E-state index in [0.29, 0.717) is 17.4 Å². The van der Waals surface area contributed by atoms with Crippen LogP contribution >= 0.6 is 0 Å². The summed E-state index contributed by atoms with van der Waals surface area (Å²) in [5.41, 5.74) is 0. The predicted molar refractivity (Wildman–Crippen MR) is 288 cm³/mol. The highest BCUT2D eigenvalue weighted by Gasteiger charge is 2.22. The molecule has 0 aromatic heterocycles. The van der Waals surface area contributed by atoms with Gasteiger partial charge < -0.3 is 33.3 Å². The van der Waals surface area contributed by atoms with Crippen LogP contribution < -0.4 is 5.11 Å². The maximum absolute atomic E-state index is 12.8. The molecule has 9 heteroatoms. The average Bonchev–Trinajstić information content (AvgIpc) is 3.31. The lowest BCUT2D eigenvalue weighted by Crippen LogP contribution is -2.44. The molecule has 9 nitrogen and oxygen atoms in total. The first-order valence-electron chi connectivity index (χ1n) is 28.8. The molecule has 0 aromatic rings. The number of likely N-dealkylation sites (N-methyl/N-ethyl adjacent to an activating group) is 1. The first-order valence-corrected chi connectivity index (χ1v) is 28.8. The number of unbranched alkanes of at least 4 members (excludes halogenated alkanes) is 30. The van der Waals surface area contributed by atoms with Gasteiger partial charge in [-0.15, -0.1) is 0 Å². The number of carboxylic acid groups (broad SMARTS) is 1. The molecule has 0 aromatic carbocycles. The van der Waals surface area contributed by atoms with Crippen molar-refractivity contribution >= 4 is 17.9 Å². The molecule has 0 fully saturated rings. The largest absolute Gasteiger partial charge is 0.545 e. The number of hydrogen-bond donors (Lipinski definition) is 0. The number of ether oxygens (including phenoxy) is 4. The van der Waals surface area contributed by atoms with Crippen molar-refractivity contribution in [2.45, 2.75) is 270 Å². The molecule has 2 atom stereocenters. The van der Waals surface area contributed by atoms with Gasteiger partial charge in [-0.1, -0.05) is 242 Å². The first-order chi connectivity index (χ1) is 33.6. The van der Waals surface area contributed by atoms with Gasteiger partial charge in [-0.05, 0) is 51.4 Å². The van der Waals surface area contributed by atoms with Crippen LogP contribution in [0.1, 0.15) is 258 Å². The standard InChI is InChI=1S/C60H109NO8/c1-6-8-10-12-14-16-18-20-22-24-25-26-27-28-29-30-31-32-33-35-36-38-40-42-44-46-48-50-57(62)67-54-56(55-68-60(59(64)65)66-53-52-61(3,4)5)69-58(63)51-49-47-45-43-41-39-37-34-23-21-19-17-15-13-11-9-7-2/h9,11,15,17,21,23,37,39,56,60H,6-8,10,12-14,16,18-20,22,24-36,38,40-55H2,1-5H3/b11-9-,17-15-,23-21-,39-37-. The molecule has 2 unspecified atom stereocenters. The highest BCUT2D eigenvalue weighted by molar-refractivity contribution is 5.70. The number of carbonyl (C=O) groups is 3. The number of hydrogen-bond acceptors (Lipinski definition) is 8. The van der Waals surface area contributed by atoms with Crippen LogP contribution in [0, 0.1) is 0 Å². The van der Waals surface area contributed by atoms with Crippen LogP contribution in [0.15, 0.2) is 48.6 Å². The van der Waals surface area contributed by atoms with Crippen LogP contribution in [0.5, 0.6) is 0 Å². The zero-order valence-electron chi connectivity index (χ0n) is 45.7. The summed E-state index contributed by atoms with van der Waals surface area (Å²) in [6, 6.07) is 0. The number of allylic oxidation sites excluding steroid dienone is 8. The minimum atomic E-state index is -1.63. The monoisotopic (exact) mass is 972 g/mol. The molecule has 0 rings (SSSR count). The molecule has 0 aliphatic carbocycles. The molecule has 0 saturated carbocycles. The summed E-state index contributed by atoms with van der Waals surface area (Å²) in [7, 11) is 5.91. The molecule has 0 heterocycles. The van der Waals surface area contributed by atoms with Gasteiger partial charge in [0.2, 0.25) is 0 Å². The Morgan fingerprint density at radius 1 is 0.449 bits per heavy atom. The fourth-order valence-corrected chi connectivity index (χ4v) is 8.18. The maximum Gasteiger partial charge on any atom is 0.306 e. The molecule has 0 amide bonds. The van der Waals surface area contributed by atoms with Crippen molar-refractivity contribution in [1.82, 2.24) is 0 Å². The first kappa shape index (κ1) is 66.2. The highest BCUT2D eigenvalue weighted by atomic mass is 16.7. The SMILES string of the molecule is CC/C=C\C/C=C\C/C=C\C/C=C\CCCCCCC(=O)OC(COC(=O)CCCCCCCCCCCCCCCCCCCCCCCCCCCCC)COC(OCC[N+](C)(C)C)C(=O)[O-]. The van der Waals surface area contributed by atoms with Gasteiger partial charge in [-0.3, -0.25) is 9.59 Å². The van der Waals surface area contributed by atoms with Crippen molar-refractivity contribution in [3.05, 3.63) is 48.6 Å². The Hall–Kier alpha value is -2.75. The Morgan fingerprint density at radius 3 is 1.23 bits per heavy atom. The lowest BCUT2D eigenvalue weighted by atomic mass is 10.0. The molecule has 0 spiro atoms. The van der Waals surface area contributed by atoms with Gasteiger partial charge in [0.05, 0.1) is 40.3 Å². The molecule has 0 aliphatic heterocycles. The number of esters is 2. The lowest BCUT2D eigenvalue weighted by Gasteiger charge is -2.26. The third-order valence-corrected chi connectivity index (χ3v) is 12.6. The van der Waals surface area contributed by atoms with E-state index in [9.17, 15) is 19.5 Å². The summed E-state index contributed by atoms with van der Waals surface area (Å²) < 4.78 is 22.7. The zero-order chi connectivity index (χ0) is 50.6. The van der Waals surface area contributed by atoms with Gasteiger partial charge in [0.15, 0.2) is 12.4 Å². The van der Waals surface area contributed by atoms with E-state index in [2.05, 4.69) is 62.5 Å². The van der Waals surface area contributed by atoms with Crippen LogP contribution in [0.3, 0.4) is 0 Å². The third kappa shape index (κ3) is 52.9. The van der Waals surface area contributed by atoms with E-state index in [1.165, 1.54) is 154 Å². The second kappa shape index (κ2) is 51.6. The van der Waals surface area contributed by atoms with Crippen molar-refractivity contribution in [1.29, 1.82) is 0 Å². The van der Waals surface area contributed by atoms with E-state index in [1.54, 1.807) is 0 Å². The van der Waals surface area contributed by atoms with Crippen LogP contribution in [0.4, 0.5) is 0 Å². The van der Waals surface area contributed by atoms with Crippen LogP contribution in [-0.2, 0) is 33.3 Å². The van der Waals surface area contributed by atoms with Gasteiger partial charge in [0.25, 0.3) is 0 Å². The fourth-order valence-electron chi connectivity index (χ4n) is 8.18. The van der Waals surface area contributed by atoms with Crippen molar-refractivity contribution in [2.24, 2.45) is 0 Å². The number of aliphatic carboxylic acids is 1. The molecule has 0 N–H and O–H groups in total. The zero-order valence-corrected chi connectivity index (χ0v) is 45.7. The van der Waals surface area contributed by atoms with Gasteiger partial charge in [-0.2, -0.15) is 0 Å². The maximum atomic E-state index is 12.8. The normalized spacial score (nSPS) is 13.1. The number of rotatable bonds is 53. The Balaban J connectivity index is 4.19. The van der Waals surface area contributed by atoms with Crippen LogP contribution in [0.25, 0.3) is 0 Å². The summed E-state index contributed by atoms with van der Waals surface area (Å²) in [4.78, 5) is 37.2. The molecule has 402 valence electrons. The average molecular weight is 973 g/mol. The summed E-state index contributed by atoms with van der Waals surface area (Å²) in [5.74, 6) is -2.31. The van der Waals surface area contributed by atoms with E-state index in [-0.39, 0.29) is 38.6 Å². The Bertz CT molecular complexity index is 1270. The number of carbonyl (C=O) groups excluding carboxylic acids is 3. The minimum absolute atomic E-state index is 0.142. The smallest absolute Gasteiger partial charge is 0.306 e. The Labute approximate surface area is 425 Å². The van der Waals surface area contributed by atoms with Crippen molar-refractivity contribution in [3.63, 3.8) is 0 Å². The fraction of sp³-hybridized carbons (Fsp3) is 0.817. The van der Waals surface area contributed by atoms with Crippen LogP contribution in [-0.4, -0.2) is 82.3 Å². The predicted octanol–water partition coefficient (Wildman–Crippen LogP) is 15.3. The number of quaternary nitrogens is 1. The van der Waals surface area contributed by atoms with E-state index >= 15 is 0 Å². The summed E-state index contributed by atoms with van der Waals surface area (Å²) >= 11 is 0. The molecule has 0 aliphatic rings. The van der Waals surface area contributed by atoms with Crippen molar-refractivity contribution in [3.8, 4) is 0 Å². The molecule has 0 saturated heterocycles. The molecule has 0 radical (unpaired) electrons.